The highest BCUT2D eigenvalue weighted by Gasteiger charge is 2.18. The maximum Gasteiger partial charge on any atom is 0.387 e. The predicted molar refractivity (Wildman–Crippen MR) is 86.9 cm³/mol. The number of esters is 1. The zero-order chi connectivity index (χ0) is 21.3. The molecular formula is C16H16F4N2O6. The Labute approximate surface area is 156 Å². The standard InChI is InChI=1S/C16H16F4N2O6/c1-8(13(24)22-16(25)21-2)26-12(23)6-4-9-3-5-10(27-14(17)18)7-11(9)28-15(19)20/h3-8,14-15H,1-2H3,(H2,21,22,24,25)/b6-4+/t8-/m0/s1. The molecule has 1 rings (SSSR count). The SMILES string of the molecule is CNC(=O)NC(=O)[C@H](C)OC(=O)/C=C/c1ccc(OC(F)F)cc1OC(F)F. The van der Waals surface area contributed by atoms with Crippen LogP contribution in [0.15, 0.2) is 24.3 Å². The molecule has 0 aromatic heterocycles. The van der Waals surface area contributed by atoms with Gasteiger partial charge in [0.2, 0.25) is 0 Å². The van der Waals surface area contributed by atoms with Gasteiger partial charge in [-0.1, -0.05) is 0 Å². The minimum Gasteiger partial charge on any atom is -0.449 e. The highest BCUT2D eigenvalue weighted by Crippen LogP contribution is 2.28. The van der Waals surface area contributed by atoms with Crippen LogP contribution in [-0.4, -0.2) is 44.3 Å². The van der Waals surface area contributed by atoms with Crippen LogP contribution in [0.1, 0.15) is 12.5 Å². The van der Waals surface area contributed by atoms with Crippen molar-refractivity contribution in [1.82, 2.24) is 10.6 Å². The van der Waals surface area contributed by atoms with Gasteiger partial charge in [-0.2, -0.15) is 17.6 Å². The lowest BCUT2D eigenvalue weighted by Gasteiger charge is -2.12. The number of carbonyl (C=O) groups is 3. The van der Waals surface area contributed by atoms with Crippen molar-refractivity contribution in [2.24, 2.45) is 0 Å². The molecule has 0 heterocycles. The van der Waals surface area contributed by atoms with Gasteiger partial charge in [-0.05, 0) is 25.1 Å². The van der Waals surface area contributed by atoms with E-state index in [0.717, 1.165) is 30.4 Å². The van der Waals surface area contributed by atoms with Gasteiger partial charge < -0.3 is 19.5 Å². The number of alkyl halides is 4. The fraction of sp³-hybridized carbons (Fsp3) is 0.312. The van der Waals surface area contributed by atoms with E-state index in [1.54, 1.807) is 0 Å². The van der Waals surface area contributed by atoms with E-state index in [1.165, 1.54) is 14.0 Å². The molecule has 8 nitrogen and oxygen atoms in total. The third kappa shape index (κ3) is 7.93. The van der Waals surface area contributed by atoms with Crippen LogP contribution < -0.4 is 20.1 Å². The summed E-state index contributed by atoms with van der Waals surface area (Å²) in [5, 5.41) is 4.02. The number of amides is 3. The van der Waals surface area contributed by atoms with E-state index < -0.39 is 48.7 Å². The van der Waals surface area contributed by atoms with E-state index in [4.69, 9.17) is 4.74 Å². The molecule has 1 aromatic rings. The summed E-state index contributed by atoms with van der Waals surface area (Å²) in [4.78, 5) is 34.3. The number of nitrogens with one attached hydrogen (secondary N) is 2. The summed E-state index contributed by atoms with van der Waals surface area (Å²) in [6.45, 7) is -5.22. The monoisotopic (exact) mass is 408 g/mol. The van der Waals surface area contributed by atoms with Gasteiger partial charge in [0.15, 0.2) is 6.10 Å². The number of urea groups is 1. The molecule has 0 unspecified atom stereocenters. The maximum atomic E-state index is 12.5. The first-order valence-corrected chi connectivity index (χ1v) is 7.57. The van der Waals surface area contributed by atoms with Crippen molar-refractivity contribution in [3.63, 3.8) is 0 Å². The number of carbonyl (C=O) groups excluding carboxylic acids is 3. The molecule has 1 aromatic carbocycles. The number of hydrogen-bond donors (Lipinski definition) is 2. The Morgan fingerprint density at radius 1 is 1.07 bits per heavy atom. The van der Waals surface area contributed by atoms with Crippen molar-refractivity contribution in [3.8, 4) is 11.5 Å². The van der Waals surface area contributed by atoms with Gasteiger partial charge in [-0.3, -0.25) is 10.1 Å². The van der Waals surface area contributed by atoms with Crippen molar-refractivity contribution < 1.29 is 46.2 Å². The summed E-state index contributed by atoms with van der Waals surface area (Å²) in [5.41, 5.74) is -0.0682. The maximum absolute atomic E-state index is 12.5. The molecule has 154 valence electrons. The average Bonchev–Trinajstić information content (AvgIpc) is 2.59. The summed E-state index contributed by atoms with van der Waals surface area (Å²) in [5.74, 6) is -2.88. The Balaban J connectivity index is 2.84. The van der Waals surface area contributed by atoms with Gasteiger partial charge in [-0.25, -0.2) is 9.59 Å². The smallest absolute Gasteiger partial charge is 0.387 e. The lowest BCUT2D eigenvalue weighted by molar-refractivity contribution is -0.149. The van der Waals surface area contributed by atoms with Gasteiger partial charge in [0.25, 0.3) is 5.91 Å². The van der Waals surface area contributed by atoms with E-state index >= 15 is 0 Å². The molecule has 0 fully saturated rings. The lowest BCUT2D eigenvalue weighted by Crippen LogP contribution is -2.43. The molecular weight excluding hydrogens is 392 g/mol. The second kappa shape index (κ2) is 10.7. The molecule has 0 bridgehead atoms. The Kier molecular flexibility index (Phi) is 8.72. The van der Waals surface area contributed by atoms with Crippen LogP contribution in [0.3, 0.4) is 0 Å². The summed E-state index contributed by atoms with van der Waals surface area (Å²) < 4.78 is 62.4. The van der Waals surface area contributed by atoms with Crippen LogP contribution in [-0.2, 0) is 14.3 Å². The van der Waals surface area contributed by atoms with E-state index in [2.05, 4.69) is 14.8 Å². The van der Waals surface area contributed by atoms with Gasteiger partial charge in [0.1, 0.15) is 11.5 Å². The van der Waals surface area contributed by atoms with Crippen molar-refractivity contribution in [1.29, 1.82) is 0 Å². The topological polar surface area (TPSA) is 103 Å². The Bertz CT molecular complexity index is 742. The van der Waals surface area contributed by atoms with Crippen molar-refractivity contribution >= 4 is 24.0 Å². The van der Waals surface area contributed by atoms with Gasteiger partial charge in [0, 0.05) is 24.8 Å². The first-order chi connectivity index (χ1) is 13.1. The van der Waals surface area contributed by atoms with E-state index in [-0.39, 0.29) is 5.56 Å². The van der Waals surface area contributed by atoms with Gasteiger partial charge >= 0.3 is 25.2 Å². The first-order valence-electron chi connectivity index (χ1n) is 7.57. The molecule has 0 aliphatic rings. The van der Waals surface area contributed by atoms with Crippen molar-refractivity contribution in [2.45, 2.75) is 26.3 Å². The number of rotatable bonds is 8. The molecule has 0 saturated heterocycles. The molecule has 3 amide bonds. The molecule has 0 saturated carbocycles. The number of imide groups is 1. The highest BCUT2D eigenvalue weighted by atomic mass is 19.3. The summed E-state index contributed by atoms with van der Waals surface area (Å²) in [6.07, 6.45) is 0.480. The van der Waals surface area contributed by atoms with Crippen molar-refractivity contribution in [2.75, 3.05) is 7.05 Å². The summed E-state index contributed by atoms with van der Waals surface area (Å²) in [6, 6.07) is 2.14. The Hall–Kier alpha value is -3.31. The fourth-order valence-electron chi connectivity index (χ4n) is 1.73. The normalized spacial score (nSPS) is 12.0. The van der Waals surface area contributed by atoms with Crippen LogP contribution >= 0.6 is 0 Å². The molecule has 0 radical (unpaired) electrons. The Morgan fingerprint density at radius 3 is 2.29 bits per heavy atom. The van der Waals surface area contributed by atoms with Gasteiger partial charge in [0.05, 0.1) is 0 Å². The zero-order valence-electron chi connectivity index (χ0n) is 14.6. The van der Waals surface area contributed by atoms with E-state index in [9.17, 15) is 31.9 Å². The average molecular weight is 408 g/mol. The quantitative estimate of drug-likeness (QED) is 0.389. The third-order valence-electron chi connectivity index (χ3n) is 2.95. The second-order valence-electron chi connectivity index (χ2n) is 4.94. The fourth-order valence-corrected chi connectivity index (χ4v) is 1.73. The molecule has 0 spiro atoms. The van der Waals surface area contributed by atoms with Crippen LogP contribution in [0.2, 0.25) is 0 Å². The first kappa shape index (κ1) is 22.7. The van der Waals surface area contributed by atoms with Crippen LogP contribution in [0, 0.1) is 0 Å². The minimum absolute atomic E-state index is 0.0682. The van der Waals surface area contributed by atoms with Crippen LogP contribution in [0.5, 0.6) is 11.5 Å². The van der Waals surface area contributed by atoms with Gasteiger partial charge in [-0.15, -0.1) is 0 Å². The van der Waals surface area contributed by atoms with Crippen LogP contribution in [0.4, 0.5) is 22.4 Å². The lowest BCUT2D eigenvalue weighted by atomic mass is 10.1. The molecule has 28 heavy (non-hydrogen) atoms. The second-order valence-corrected chi connectivity index (χ2v) is 4.94. The highest BCUT2D eigenvalue weighted by molar-refractivity contribution is 5.98. The number of benzene rings is 1. The molecule has 0 aliphatic heterocycles. The number of hydrogen-bond acceptors (Lipinski definition) is 6. The molecule has 12 heteroatoms. The van der Waals surface area contributed by atoms with Crippen molar-refractivity contribution in [3.05, 3.63) is 29.8 Å². The predicted octanol–water partition coefficient (Wildman–Crippen LogP) is 2.29. The number of halogens is 4. The van der Waals surface area contributed by atoms with E-state index in [0.29, 0.717) is 0 Å². The van der Waals surface area contributed by atoms with Crippen LogP contribution in [0.25, 0.3) is 6.08 Å². The number of ether oxygens (including phenoxy) is 3. The zero-order valence-corrected chi connectivity index (χ0v) is 14.6. The van der Waals surface area contributed by atoms with E-state index in [1.807, 2.05) is 5.32 Å². The Morgan fingerprint density at radius 2 is 1.71 bits per heavy atom. The largest absolute Gasteiger partial charge is 0.449 e. The summed E-state index contributed by atoms with van der Waals surface area (Å²) >= 11 is 0. The summed E-state index contributed by atoms with van der Waals surface area (Å²) in [7, 11) is 1.28. The third-order valence-corrected chi connectivity index (χ3v) is 2.95. The molecule has 2 N–H and O–H groups in total. The molecule has 1 atom stereocenters. The minimum atomic E-state index is -3.26. The molecule has 0 aliphatic carbocycles.